The molecule has 0 aliphatic rings. The van der Waals surface area contributed by atoms with E-state index in [2.05, 4.69) is 114 Å². The zero-order valence-corrected chi connectivity index (χ0v) is 34.8. The number of carbonyl (C=O) groups excluding carboxylic acids is 1. The summed E-state index contributed by atoms with van der Waals surface area (Å²) >= 11 is 12.4. The normalized spacial score (nSPS) is 11.1. The minimum absolute atomic E-state index is 0.131. The molecule has 0 spiro atoms. The molecule has 0 fully saturated rings. The minimum Gasteiger partial charge on any atom is -0.390 e. The number of carbonyl (C=O) groups is 1. The van der Waals surface area contributed by atoms with Gasteiger partial charge in [0.15, 0.2) is 16.6 Å². The van der Waals surface area contributed by atoms with E-state index in [0.29, 0.717) is 41.3 Å². The fourth-order valence-electron chi connectivity index (χ4n) is 7.02. The summed E-state index contributed by atoms with van der Waals surface area (Å²) in [5.74, 6) is 2.88. The number of nitrogens with zero attached hydrogens (tertiary/aromatic N) is 10. The molecular formula is C44H44Cl2N12O2. The first-order chi connectivity index (χ1) is 29.4. The number of halogens is 2. The Kier molecular flexibility index (Phi) is 14.0. The number of tetrazole rings is 2. The zero-order valence-electron chi connectivity index (χ0n) is 33.3. The number of aromatic amines is 2. The third-order valence-corrected chi connectivity index (χ3v) is 10.7. The number of aliphatic hydroxyl groups is 1. The van der Waals surface area contributed by atoms with E-state index in [1.165, 1.54) is 0 Å². The number of imidazole rings is 2. The number of benzene rings is 4. The lowest BCUT2D eigenvalue weighted by Gasteiger charge is -2.12. The van der Waals surface area contributed by atoms with Crippen LogP contribution < -0.4 is 0 Å². The molecular weight excluding hydrogens is 799 g/mol. The van der Waals surface area contributed by atoms with E-state index >= 15 is 0 Å². The number of H-pyrrole nitrogens is 2. The van der Waals surface area contributed by atoms with Crippen LogP contribution in [0.5, 0.6) is 0 Å². The first-order valence-corrected chi connectivity index (χ1v) is 20.6. The smallest absolute Gasteiger partial charge is 0.205 e. The molecule has 306 valence electrons. The average Bonchev–Trinajstić information content (AvgIpc) is 4.12. The maximum atomic E-state index is 11.5. The van der Waals surface area contributed by atoms with Crippen molar-refractivity contribution in [2.45, 2.75) is 72.1 Å². The highest BCUT2D eigenvalue weighted by atomic mass is 35.5. The standard InChI is InChI=1S/C22H23ClN6O.C22H21ClN6O/c2*1-2-3-8-20-24-21(23)19(14-30)29(20)13-15-9-11-16(12-10-15)17-6-4-5-7-18(17)22-25-27-28-26-22/h4-7,9-12,30H,2-3,8,13-14H2,1H3,(H,25,26,27,28);4-7,9-12,14H,2-3,8,13H2,1H3,(H,25,26,27,28). The molecule has 8 rings (SSSR count). The number of rotatable bonds is 16. The first kappa shape index (κ1) is 41.8. The maximum Gasteiger partial charge on any atom is 0.205 e. The summed E-state index contributed by atoms with van der Waals surface area (Å²) in [6, 6.07) is 32.5. The van der Waals surface area contributed by atoms with Crippen LogP contribution in [0.4, 0.5) is 0 Å². The molecule has 3 N–H and O–H groups in total. The SMILES string of the molecule is CCCCc1nc(Cl)c(C=O)n1Cc1ccc(-c2ccccc2-c2nn[nH]n2)cc1.CCCCc1nc(Cl)c(CO)n1Cc1ccc(-c2ccccc2-c2nn[nH]n2)cc1. The molecule has 0 saturated carbocycles. The molecule has 0 aliphatic heterocycles. The Labute approximate surface area is 357 Å². The first-order valence-electron chi connectivity index (χ1n) is 19.8. The summed E-state index contributed by atoms with van der Waals surface area (Å²) in [6.07, 6.45) is 6.57. The highest BCUT2D eigenvalue weighted by molar-refractivity contribution is 6.31. The second-order valence-corrected chi connectivity index (χ2v) is 14.8. The molecule has 0 bridgehead atoms. The van der Waals surface area contributed by atoms with Gasteiger partial charge in [0.05, 0.1) is 12.3 Å². The summed E-state index contributed by atoms with van der Waals surface area (Å²) in [4.78, 5) is 20.4. The molecule has 16 heteroatoms. The van der Waals surface area contributed by atoms with Gasteiger partial charge in [0.1, 0.15) is 17.3 Å². The average molecular weight is 844 g/mol. The number of aromatic nitrogens is 12. The van der Waals surface area contributed by atoms with E-state index in [0.717, 1.165) is 101 Å². The number of aliphatic hydroxyl groups excluding tert-OH is 1. The molecule has 0 saturated heterocycles. The van der Waals surface area contributed by atoms with E-state index in [1.807, 2.05) is 57.7 Å². The van der Waals surface area contributed by atoms with Crippen LogP contribution in [0, 0.1) is 0 Å². The lowest BCUT2D eigenvalue weighted by molar-refractivity contribution is 0.111. The van der Waals surface area contributed by atoms with Crippen LogP contribution in [0.1, 0.15) is 78.5 Å². The lowest BCUT2D eigenvalue weighted by atomic mass is 9.98. The van der Waals surface area contributed by atoms with Crippen molar-refractivity contribution in [1.29, 1.82) is 0 Å². The summed E-state index contributed by atoms with van der Waals surface area (Å²) in [5, 5.41) is 39.2. The molecule has 4 heterocycles. The van der Waals surface area contributed by atoms with Crippen LogP contribution in [0.25, 0.3) is 45.0 Å². The maximum absolute atomic E-state index is 11.5. The molecule has 0 aliphatic carbocycles. The number of unbranched alkanes of at least 4 members (excludes halogenated alkanes) is 2. The highest BCUT2D eigenvalue weighted by Crippen LogP contribution is 2.32. The largest absolute Gasteiger partial charge is 0.390 e. The minimum atomic E-state index is -0.131. The number of nitrogens with one attached hydrogen (secondary N) is 2. The van der Waals surface area contributed by atoms with Crippen molar-refractivity contribution in [2.24, 2.45) is 0 Å². The molecule has 14 nitrogen and oxygen atoms in total. The monoisotopic (exact) mass is 842 g/mol. The third kappa shape index (κ3) is 9.57. The van der Waals surface area contributed by atoms with Crippen LogP contribution in [0.2, 0.25) is 10.3 Å². The molecule has 8 aromatic rings. The Morgan fingerprint density at radius 3 is 1.50 bits per heavy atom. The fraction of sp³-hybridized carbons (Fsp3) is 0.250. The lowest BCUT2D eigenvalue weighted by Crippen LogP contribution is -2.09. The van der Waals surface area contributed by atoms with Gasteiger partial charge in [-0.25, -0.2) is 9.97 Å². The van der Waals surface area contributed by atoms with Gasteiger partial charge in [-0.3, -0.25) is 4.79 Å². The van der Waals surface area contributed by atoms with Gasteiger partial charge in [-0.15, -0.1) is 20.4 Å². The van der Waals surface area contributed by atoms with Crippen LogP contribution in [-0.2, 0) is 32.5 Å². The van der Waals surface area contributed by atoms with Gasteiger partial charge in [-0.1, -0.05) is 147 Å². The summed E-state index contributed by atoms with van der Waals surface area (Å²) < 4.78 is 3.94. The van der Waals surface area contributed by atoms with Crippen LogP contribution in [0.15, 0.2) is 97.1 Å². The second kappa shape index (κ2) is 20.1. The van der Waals surface area contributed by atoms with Gasteiger partial charge in [0, 0.05) is 37.1 Å². The Morgan fingerprint density at radius 2 is 1.07 bits per heavy atom. The van der Waals surface area contributed by atoms with Crippen LogP contribution in [-0.4, -0.2) is 71.7 Å². The molecule has 4 aromatic heterocycles. The summed E-state index contributed by atoms with van der Waals surface area (Å²) in [5.41, 5.74) is 9.26. The van der Waals surface area contributed by atoms with Crippen LogP contribution in [0.3, 0.4) is 0 Å². The van der Waals surface area contributed by atoms with Gasteiger partial charge in [-0.2, -0.15) is 10.4 Å². The molecule has 0 radical (unpaired) electrons. The van der Waals surface area contributed by atoms with Gasteiger partial charge < -0.3 is 14.2 Å². The third-order valence-electron chi connectivity index (χ3n) is 10.2. The molecule has 60 heavy (non-hydrogen) atoms. The molecule has 0 amide bonds. The van der Waals surface area contributed by atoms with Crippen molar-refractivity contribution in [3.05, 3.63) is 142 Å². The predicted molar refractivity (Wildman–Crippen MR) is 231 cm³/mol. The van der Waals surface area contributed by atoms with E-state index in [4.69, 9.17) is 23.2 Å². The van der Waals surface area contributed by atoms with Gasteiger partial charge in [-0.05, 0) is 56.6 Å². The van der Waals surface area contributed by atoms with Crippen molar-refractivity contribution in [3.63, 3.8) is 0 Å². The van der Waals surface area contributed by atoms with E-state index in [9.17, 15) is 9.90 Å². The van der Waals surface area contributed by atoms with E-state index in [-0.39, 0.29) is 11.8 Å². The second-order valence-electron chi connectivity index (χ2n) is 14.1. The fourth-order valence-corrected chi connectivity index (χ4v) is 7.52. The Bertz CT molecular complexity index is 2600. The van der Waals surface area contributed by atoms with Gasteiger partial charge in [0.25, 0.3) is 0 Å². The summed E-state index contributed by atoms with van der Waals surface area (Å²) in [7, 11) is 0. The number of aryl methyl sites for hydroxylation is 2. The Balaban J connectivity index is 0.000000181. The van der Waals surface area contributed by atoms with Gasteiger partial charge in [0.2, 0.25) is 11.6 Å². The predicted octanol–water partition coefficient (Wildman–Crippen LogP) is 8.85. The number of aldehydes is 1. The van der Waals surface area contributed by atoms with Gasteiger partial charge >= 0.3 is 0 Å². The number of hydrogen-bond donors (Lipinski definition) is 3. The Hall–Kier alpha value is -6.35. The van der Waals surface area contributed by atoms with Crippen molar-refractivity contribution < 1.29 is 9.90 Å². The molecule has 0 unspecified atom stereocenters. The van der Waals surface area contributed by atoms with Crippen molar-refractivity contribution in [2.75, 3.05) is 0 Å². The summed E-state index contributed by atoms with van der Waals surface area (Å²) in [6.45, 7) is 5.29. The number of hydrogen-bond acceptors (Lipinski definition) is 10. The molecule has 4 aromatic carbocycles. The van der Waals surface area contributed by atoms with E-state index < -0.39 is 0 Å². The van der Waals surface area contributed by atoms with Crippen molar-refractivity contribution in [3.8, 4) is 45.0 Å². The Morgan fingerprint density at radius 1 is 0.617 bits per heavy atom. The highest BCUT2D eigenvalue weighted by Gasteiger charge is 2.18. The zero-order chi connectivity index (χ0) is 41.8. The topological polar surface area (TPSA) is 182 Å². The van der Waals surface area contributed by atoms with Crippen molar-refractivity contribution in [1.82, 2.24) is 60.4 Å². The van der Waals surface area contributed by atoms with Crippen LogP contribution >= 0.6 is 23.2 Å². The molecule has 0 atom stereocenters. The quantitative estimate of drug-likeness (QED) is 0.0795. The van der Waals surface area contributed by atoms with E-state index in [1.54, 1.807) is 0 Å². The van der Waals surface area contributed by atoms with Crippen molar-refractivity contribution >= 4 is 29.5 Å².